The molecule has 0 amide bonds. The van der Waals surface area contributed by atoms with E-state index in [0.717, 1.165) is 4.68 Å². The van der Waals surface area contributed by atoms with Crippen molar-refractivity contribution in [3.8, 4) is 5.75 Å². The van der Waals surface area contributed by atoms with Crippen LogP contribution in [0.2, 0.25) is 10.0 Å². The lowest BCUT2D eigenvalue weighted by molar-refractivity contribution is 0.0728. The van der Waals surface area contributed by atoms with Gasteiger partial charge in [0.25, 0.3) is 5.56 Å². The quantitative estimate of drug-likeness (QED) is 0.525. The molecule has 2 aromatic carbocycles. The Morgan fingerprint density at radius 3 is 2.52 bits per heavy atom. The van der Waals surface area contributed by atoms with Gasteiger partial charge in [-0.15, -0.1) is 0 Å². The summed E-state index contributed by atoms with van der Waals surface area (Å²) in [7, 11) is 1.47. The number of nitrogens with zero attached hydrogens (tertiary/aromatic N) is 2. The Bertz CT molecular complexity index is 983. The predicted molar refractivity (Wildman–Crippen MR) is 88.4 cm³/mol. The van der Waals surface area contributed by atoms with Crippen LogP contribution >= 0.6 is 23.2 Å². The van der Waals surface area contributed by atoms with Crippen LogP contribution in [0, 0.1) is 0 Å². The molecule has 0 bridgehead atoms. The summed E-state index contributed by atoms with van der Waals surface area (Å²) < 4.78 is 6.38. The van der Waals surface area contributed by atoms with Gasteiger partial charge in [0.1, 0.15) is 5.02 Å². The smallest absolute Gasteiger partial charge is 0.364 e. The summed E-state index contributed by atoms with van der Waals surface area (Å²) in [4.78, 5) is 24.5. The highest BCUT2D eigenvalue weighted by molar-refractivity contribution is 6.43. The Balaban J connectivity index is 2.10. The number of aromatic nitrogens is 2. The summed E-state index contributed by atoms with van der Waals surface area (Å²) in [5.41, 5.74) is -0.267. The first-order valence-corrected chi connectivity index (χ1v) is 7.37. The SMILES string of the molecule is Cn1nc(C(=O)Oc2cccc(Cl)c2Cl)c2ccccc2c1=O. The van der Waals surface area contributed by atoms with E-state index >= 15 is 0 Å². The van der Waals surface area contributed by atoms with Gasteiger partial charge in [0.2, 0.25) is 0 Å². The molecule has 1 aromatic heterocycles. The molecule has 7 heteroatoms. The number of fused-ring (bicyclic) bond motifs is 1. The molecule has 0 unspecified atom stereocenters. The Labute approximate surface area is 141 Å². The van der Waals surface area contributed by atoms with E-state index in [0.29, 0.717) is 10.8 Å². The van der Waals surface area contributed by atoms with Gasteiger partial charge in [-0.2, -0.15) is 5.10 Å². The van der Waals surface area contributed by atoms with Crippen LogP contribution in [-0.2, 0) is 7.05 Å². The van der Waals surface area contributed by atoms with Gasteiger partial charge in [0.15, 0.2) is 11.4 Å². The predicted octanol–water partition coefficient (Wildman–Crippen LogP) is 3.46. The van der Waals surface area contributed by atoms with Crippen molar-refractivity contribution >= 4 is 39.9 Å². The lowest BCUT2D eigenvalue weighted by Crippen LogP contribution is -2.24. The van der Waals surface area contributed by atoms with Crippen LogP contribution in [0.3, 0.4) is 0 Å². The summed E-state index contributed by atoms with van der Waals surface area (Å²) in [6.07, 6.45) is 0. The zero-order valence-electron chi connectivity index (χ0n) is 11.9. The molecule has 5 nitrogen and oxygen atoms in total. The monoisotopic (exact) mass is 348 g/mol. The Kier molecular flexibility index (Phi) is 4.07. The van der Waals surface area contributed by atoms with Crippen LogP contribution in [-0.4, -0.2) is 15.7 Å². The molecule has 0 spiro atoms. The first-order chi connectivity index (χ1) is 11.0. The molecule has 23 heavy (non-hydrogen) atoms. The number of rotatable bonds is 2. The van der Waals surface area contributed by atoms with Crippen molar-refractivity contribution in [1.29, 1.82) is 0 Å². The third-order valence-corrected chi connectivity index (χ3v) is 4.07. The second-order valence-corrected chi connectivity index (χ2v) is 5.55. The van der Waals surface area contributed by atoms with Crippen molar-refractivity contribution in [1.82, 2.24) is 9.78 Å². The van der Waals surface area contributed by atoms with E-state index in [1.807, 2.05) is 0 Å². The van der Waals surface area contributed by atoms with E-state index in [-0.39, 0.29) is 27.0 Å². The van der Waals surface area contributed by atoms with Crippen LogP contribution in [0.4, 0.5) is 0 Å². The number of ether oxygens (including phenoxy) is 1. The van der Waals surface area contributed by atoms with Crippen molar-refractivity contribution in [2.75, 3.05) is 0 Å². The van der Waals surface area contributed by atoms with Gasteiger partial charge in [-0.25, -0.2) is 9.48 Å². The van der Waals surface area contributed by atoms with Crippen LogP contribution in [0.15, 0.2) is 47.3 Å². The molecule has 0 aliphatic heterocycles. The summed E-state index contributed by atoms with van der Waals surface area (Å²) >= 11 is 11.9. The van der Waals surface area contributed by atoms with Crippen molar-refractivity contribution in [2.24, 2.45) is 7.05 Å². The van der Waals surface area contributed by atoms with Gasteiger partial charge in [0.05, 0.1) is 10.4 Å². The van der Waals surface area contributed by atoms with Gasteiger partial charge in [-0.3, -0.25) is 4.79 Å². The normalized spacial score (nSPS) is 10.7. The Morgan fingerprint density at radius 2 is 1.78 bits per heavy atom. The first-order valence-electron chi connectivity index (χ1n) is 6.61. The maximum absolute atomic E-state index is 12.5. The van der Waals surface area contributed by atoms with Crippen LogP contribution in [0.1, 0.15) is 10.5 Å². The standard InChI is InChI=1S/C16H10Cl2N2O3/c1-20-15(21)10-6-3-2-5-9(10)14(19-20)16(22)23-12-8-4-7-11(17)13(12)18/h2-8H,1H3. The van der Waals surface area contributed by atoms with Crippen LogP contribution in [0.25, 0.3) is 10.8 Å². The van der Waals surface area contributed by atoms with Gasteiger partial charge in [-0.05, 0) is 18.2 Å². The van der Waals surface area contributed by atoms with Crippen LogP contribution in [0.5, 0.6) is 5.75 Å². The van der Waals surface area contributed by atoms with Gasteiger partial charge in [0, 0.05) is 12.4 Å². The van der Waals surface area contributed by atoms with Gasteiger partial charge >= 0.3 is 5.97 Å². The lowest BCUT2D eigenvalue weighted by atomic mass is 10.1. The second kappa shape index (κ2) is 6.02. The highest BCUT2D eigenvalue weighted by atomic mass is 35.5. The number of hydrogen-bond donors (Lipinski definition) is 0. The van der Waals surface area contributed by atoms with E-state index in [4.69, 9.17) is 27.9 Å². The number of hydrogen-bond acceptors (Lipinski definition) is 4. The minimum Gasteiger partial charge on any atom is -0.420 e. The molecule has 0 saturated carbocycles. The summed E-state index contributed by atoms with van der Waals surface area (Å²) in [6.45, 7) is 0. The molecule has 0 atom stereocenters. The maximum atomic E-state index is 12.5. The molecule has 0 radical (unpaired) electrons. The molecular formula is C16H10Cl2N2O3. The van der Waals surface area contributed by atoms with E-state index in [1.54, 1.807) is 36.4 Å². The molecule has 116 valence electrons. The van der Waals surface area contributed by atoms with E-state index in [9.17, 15) is 9.59 Å². The van der Waals surface area contributed by atoms with Gasteiger partial charge < -0.3 is 4.74 Å². The second-order valence-electron chi connectivity index (χ2n) is 4.76. The number of carbonyl (C=O) groups is 1. The van der Waals surface area contributed by atoms with E-state index in [2.05, 4.69) is 5.10 Å². The fourth-order valence-corrected chi connectivity index (χ4v) is 2.49. The van der Waals surface area contributed by atoms with E-state index < -0.39 is 5.97 Å². The largest absolute Gasteiger partial charge is 0.420 e. The molecule has 0 aliphatic carbocycles. The average molecular weight is 349 g/mol. The number of carbonyl (C=O) groups excluding carboxylic acids is 1. The van der Waals surface area contributed by atoms with E-state index in [1.165, 1.54) is 13.1 Å². The summed E-state index contributed by atoms with van der Waals surface area (Å²) in [5, 5.41) is 5.21. The molecule has 3 aromatic rings. The number of esters is 1. The summed E-state index contributed by atoms with van der Waals surface area (Å²) in [6, 6.07) is 11.4. The zero-order valence-corrected chi connectivity index (χ0v) is 13.4. The third-order valence-electron chi connectivity index (χ3n) is 3.27. The van der Waals surface area contributed by atoms with Crippen molar-refractivity contribution in [3.63, 3.8) is 0 Å². The van der Waals surface area contributed by atoms with Gasteiger partial charge in [-0.1, -0.05) is 47.5 Å². The highest BCUT2D eigenvalue weighted by Crippen LogP contribution is 2.32. The Hall–Kier alpha value is -2.37. The van der Waals surface area contributed by atoms with Crippen molar-refractivity contribution in [2.45, 2.75) is 0 Å². The minimum absolute atomic E-state index is 0.0266. The van der Waals surface area contributed by atoms with Crippen LogP contribution < -0.4 is 10.3 Å². The highest BCUT2D eigenvalue weighted by Gasteiger charge is 2.19. The maximum Gasteiger partial charge on any atom is 0.364 e. The number of aryl methyl sites for hydroxylation is 1. The molecule has 1 heterocycles. The molecule has 0 aliphatic rings. The Morgan fingerprint density at radius 1 is 1.09 bits per heavy atom. The fourth-order valence-electron chi connectivity index (χ4n) is 2.16. The number of halogens is 2. The third kappa shape index (κ3) is 2.81. The molecule has 0 saturated heterocycles. The molecule has 0 N–H and O–H groups in total. The number of benzene rings is 2. The van der Waals surface area contributed by atoms with Crippen molar-refractivity contribution < 1.29 is 9.53 Å². The van der Waals surface area contributed by atoms with Crippen molar-refractivity contribution in [3.05, 3.63) is 68.6 Å². The molecular weight excluding hydrogens is 339 g/mol. The summed E-state index contributed by atoms with van der Waals surface area (Å²) in [5.74, 6) is -0.593. The zero-order chi connectivity index (χ0) is 16.6. The lowest BCUT2D eigenvalue weighted by Gasteiger charge is -2.09. The molecule has 0 fully saturated rings. The first kappa shape index (κ1) is 15.5. The minimum atomic E-state index is -0.721. The fraction of sp³-hybridized carbons (Fsp3) is 0.0625. The molecule has 3 rings (SSSR count). The topological polar surface area (TPSA) is 61.2 Å². The average Bonchev–Trinajstić information content (AvgIpc) is 2.55.